The Hall–Kier alpha value is -1.73. The maximum absolute atomic E-state index is 12.1. The standard InChI is InChI=1S/C14H11BrF3NO2/c15-11-7-9(3-6-12(11)20)13(19)8-1-4-10(5-2-8)21-14(16,17)18/h1-7,13,20H,19H2/t13-/m0/s1. The number of phenolic OH excluding ortho intramolecular Hbond substituents is 1. The van der Waals surface area contributed by atoms with E-state index in [1.165, 1.54) is 30.3 Å². The van der Waals surface area contributed by atoms with E-state index in [1.807, 2.05) is 0 Å². The van der Waals surface area contributed by atoms with Gasteiger partial charge in [-0.25, -0.2) is 0 Å². The highest BCUT2D eigenvalue weighted by atomic mass is 79.9. The molecule has 0 amide bonds. The molecule has 3 nitrogen and oxygen atoms in total. The Morgan fingerprint density at radius 2 is 1.62 bits per heavy atom. The Balaban J connectivity index is 2.19. The van der Waals surface area contributed by atoms with Crippen LogP contribution < -0.4 is 10.5 Å². The number of alkyl halides is 3. The third-order valence-electron chi connectivity index (χ3n) is 2.80. The fraction of sp³-hybridized carbons (Fsp3) is 0.143. The summed E-state index contributed by atoms with van der Waals surface area (Å²) >= 11 is 3.18. The summed E-state index contributed by atoms with van der Waals surface area (Å²) in [5.41, 5.74) is 7.39. The van der Waals surface area contributed by atoms with Crippen LogP contribution in [-0.4, -0.2) is 11.5 Å². The van der Waals surface area contributed by atoms with Crippen molar-refractivity contribution in [2.45, 2.75) is 12.4 Å². The number of benzene rings is 2. The van der Waals surface area contributed by atoms with Gasteiger partial charge in [-0.1, -0.05) is 18.2 Å². The minimum absolute atomic E-state index is 0.0832. The number of hydrogen-bond acceptors (Lipinski definition) is 3. The van der Waals surface area contributed by atoms with Gasteiger partial charge in [0, 0.05) is 0 Å². The molecule has 0 aliphatic rings. The number of phenols is 1. The fourth-order valence-corrected chi connectivity index (χ4v) is 2.18. The lowest BCUT2D eigenvalue weighted by Gasteiger charge is -2.14. The van der Waals surface area contributed by atoms with Crippen molar-refractivity contribution >= 4 is 15.9 Å². The highest BCUT2D eigenvalue weighted by Gasteiger charge is 2.31. The van der Waals surface area contributed by atoms with Crippen molar-refractivity contribution in [1.82, 2.24) is 0 Å². The SMILES string of the molecule is N[C@@H](c1ccc(OC(F)(F)F)cc1)c1ccc(O)c(Br)c1. The molecule has 0 saturated heterocycles. The summed E-state index contributed by atoms with van der Waals surface area (Å²) in [6.45, 7) is 0. The van der Waals surface area contributed by atoms with E-state index in [0.29, 0.717) is 15.6 Å². The largest absolute Gasteiger partial charge is 0.573 e. The van der Waals surface area contributed by atoms with E-state index < -0.39 is 12.4 Å². The predicted molar refractivity (Wildman–Crippen MR) is 75.0 cm³/mol. The average Bonchev–Trinajstić information content (AvgIpc) is 2.40. The Labute approximate surface area is 127 Å². The lowest BCUT2D eigenvalue weighted by molar-refractivity contribution is -0.274. The second-order valence-corrected chi connectivity index (χ2v) is 5.16. The summed E-state index contributed by atoms with van der Waals surface area (Å²) in [6, 6.07) is 9.60. The zero-order valence-electron chi connectivity index (χ0n) is 10.6. The molecule has 0 saturated carbocycles. The second-order valence-electron chi connectivity index (χ2n) is 4.31. The molecule has 0 aromatic heterocycles. The van der Waals surface area contributed by atoms with Crippen LogP contribution in [0, 0.1) is 0 Å². The molecular weight excluding hydrogens is 351 g/mol. The van der Waals surface area contributed by atoms with E-state index in [-0.39, 0.29) is 11.5 Å². The molecule has 21 heavy (non-hydrogen) atoms. The molecule has 2 rings (SSSR count). The normalized spacial score (nSPS) is 13.0. The lowest BCUT2D eigenvalue weighted by Crippen LogP contribution is -2.17. The Bertz CT molecular complexity index is 629. The highest BCUT2D eigenvalue weighted by molar-refractivity contribution is 9.10. The molecule has 7 heteroatoms. The van der Waals surface area contributed by atoms with Gasteiger partial charge in [0.05, 0.1) is 10.5 Å². The number of ether oxygens (including phenoxy) is 1. The molecule has 112 valence electrons. The summed E-state index contributed by atoms with van der Waals surface area (Å²) in [4.78, 5) is 0. The van der Waals surface area contributed by atoms with Gasteiger partial charge >= 0.3 is 6.36 Å². The van der Waals surface area contributed by atoms with Crippen LogP contribution >= 0.6 is 15.9 Å². The second kappa shape index (κ2) is 5.95. The van der Waals surface area contributed by atoms with Crippen molar-refractivity contribution in [2.75, 3.05) is 0 Å². The van der Waals surface area contributed by atoms with Crippen LogP contribution in [0.15, 0.2) is 46.9 Å². The van der Waals surface area contributed by atoms with Crippen LogP contribution in [0.4, 0.5) is 13.2 Å². The summed E-state index contributed by atoms with van der Waals surface area (Å²) in [5, 5.41) is 9.43. The average molecular weight is 362 g/mol. The van der Waals surface area contributed by atoms with Gasteiger partial charge in [0.25, 0.3) is 0 Å². The minimum Gasteiger partial charge on any atom is -0.507 e. The molecule has 0 radical (unpaired) electrons. The van der Waals surface area contributed by atoms with Crippen LogP contribution in [-0.2, 0) is 0 Å². The summed E-state index contributed by atoms with van der Waals surface area (Å²) in [6.07, 6.45) is -4.72. The maximum atomic E-state index is 12.1. The molecular formula is C14H11BrF3NO2. The van der Waals surface area contributed by atoms with Crippen LogP contribution in [0.25, 0.3) is 0 Å². The minimum atomic E-state index is -4.72. The number of aromatic hydroxyl groups is 1. The number of rotatable bonds is 3. The first kappa shape index (κ1) is 15.7. The zero-order valence-corrected chi connectivity index (χ0v) is 12.1. The quantitative estimate of drug-likeness (QED) is 0.865. The number of nitrogens with two attached hydrogens (primary N) is 1. The topological polar surface area (TPSA) is 55.5 Å². The van der Waals surface area contributed by atoms with E-state index in [4.69, 9.17) is 5.73 Å². The molecule has 0 unspecified atom stereocenters. The van der Waals surface area contributed by atoms with Gasteiger partial charge in [-0.05, 0) is 51.3 Å². The van der Waals surface area contributed by atoms with Crippen molar-refractivity contribution < 1.29 is 23.0 Å². The molecule has 0 bridgehead atoms. The van der Waals surface area contributed by atoms with Crippen molar-refractivity contribution in [3.8, 4) is 11.5 Å². The Morgan fingerprint density at radius 3 is 2.14 bits per heavy atom. The number of hydrogen-bond donors (Lipinski definition) is 2. The summed E-state index contributed by atoms with van der Waals surface area (Å²) < 4.78 is 40.5. The lowest BCUT2D eigenvalue weighted by atomic mass is 9.99. The van der Waals surface area contributed by atoms with Crippen LogP contribution in [0.3, 0.4) is 0 Å². The first-order valence-electron chi connectivity index (χ1n) is 5.86. The van der Waals surface area contributed by atoms with E-state index >= 15 is 0 Å². The van der Waals surface area contributed by atoms with Crippen molar-refractivity contribution in [1.29, 1.82) is 0 Å². The summed E-state index contributed by atoms with van der Waals surface area (Å²) in [5.74, 6) is -0.217. The van der Waals surface area contributed by atoms with Crippen molar-refractivity contribution in [3.63, 3.8) is 0 Å². The zero-order chi connectivity index (χ0) is 15.6. The highest BCUT2D eigenvalue weighted by Crippen LogP contribution is 2.30. The molecule has 1 atom stereocenters. The first-order valence-corrected chi connectivity index (χ1v) is 6.65. The van der Waals surface area contributed by atoms with Crippen LogP contribution in [0.5, 0.6) is 11.5 Å². The van der Waals surface area contributed by atoms with E-state index in [9.17, 15) is 18.3 Å². The Kier molecular flexibility index (Phi) is 4.43. The molecule has 0 spiro atoms. The van der Waals surface area contributed by atoms with Gasteiger partial charge < -0.3 is 15.6 Å². The van der Waals surface area contributed by atoms with Crippen LogP contribution in [0.2, 0.25) is 0 Å². The molecule has 0 aliphatic heterocycles. The first-order chi connectivity index (χ1) is 9.76. The van der Waals surface area contributed by atoms with Crippen molar-refractivity contribution in [3.05, 3.63) is 58.1 Å². The smallest absolute Gasteiger partial charge is 0.507 e. The summed E-state index contributed by atoms with van der Waals surface area (Å²) in [7, 11) is 0. The van der Waals surface area contributed by atoms with Crippen LogP contribution in [0.1, 0.15) is 17.2 Å². The van der Waals surface area contributed by atoms with Crippen molar-refractivity contribution in [2.24, 2.45) is 5.73 Å². The predicted octanol–water partition coefficient (Wildman–Crippen LogP) is 4.10. The molecule has 0 aliphatic carbocycles. The number of halogens is 4. The van der Waals surface area contributed by atoms with Gasteiger partial charge in [0.1, 0.15) is 11.5 Å². The van der Waals surface area contributed by atoms with Gasteiger partial charge in [0.15, 0.2) is 0 Å². The van der Waals surface area contributed by atoms with Gasteiger partial charge in [0.2, 0.25) is 0 Å². The maximum Gasteiger partial charge on any atom is 0.573 e. The molecule has 0 fully saturated rings. The monoisotopic (exact) mass is 361 g/mol. The van der Waals surface area contributed by atoms with E-state index in [1.54, 1.807) is 12.1 Å². The van der Waals surface area contributed by atoms with Gasteiger partial charge in [-0.3, -0.25) is 0 Å². The Morgan fingerprint density at radius 1 is 1.05 bits per heavy atom. The molecule has 2 aromatic rings. The van der Waals surface area contributed by atoms with Gasteiger partial charge in [-0.15, -0.1) is 13.2 Å². The van der Waals surface area contributed by atoms with Gasteiger partial charge in [-0.2, -0.15) is 0 Å². The third-order valence-corrected chi connectivity index (χ3v) is 3.44. The third kappa shape index (κ3) is 4.12. The molecule has 0 heterocycles. The fourth-order valence-electron chi connectivity index (χ4n) is 1.79. The molecule has 3 N–H and O–H groups in total. The van der Waals surface area contributed by atoms with E-state index in [2.05, 4.69) is 20.7 Å². The molecule has 2 aromatic carbocycles. The van der Waals surface area contributed by atoms with E-state index in [0.717, 1.165) is 0 Å².